The van der Waals surface area contributed by atoms with Crippen molar-refractivity contribution < 1.29 is 0 Å². The second-order valence-corrected chi connectivity index (χ2v) is 5.04. The summed E-state index contributed by atoms with van der Waals surface area (Å²) in [7, 11) is 0. The molecule has 0 saturated carbocycles. The van der Waals surface area contributed by atoms with Gasteiger partial charge in [0.2, 0.25) is 0 Å². The maximum atomic E-state index is 4.49. The molecule has 0 aliphatic rings. The third kappa shape index (κ3) is 3.67. The standard InChI is InChI=1S/C16H23N3/c1-4-10-17-16(12-19-11-9-14(3)18-19)15-8-6-5-7-13(15)2/h5-9,11,16-17H,4,10,12H2,1-3H3. The topological polar surface area (TPSA) is 29.9 Å². The maximum Gasteiger partial charge on any atom is 0.0604 e. The molecule has 1 aromatic heterocycles. The van der Waals surface area contributed by atoms with Crippen LogP contribution in [-0.4, -0.2) is 16.3 Å². The van der Waals surface area contributed by atoms with Crippen LogP contribution in [0, 0.1) is 13.8 Å². The van der Waals surface area contributed by atoms with Crippen molar-refractivity contribution in [2.24, 2.45) is 0 Å². The fourth-order valence-electron chi connectivity index (χ4n) is 2.32. The Morgan fingerprint density at radius 2 is 2.00 bits per heavy atom. The van der Waals surface area contributed by atoms with Gasteiger partial charge in [0.1, 0.15) is 0 Å². The summed E-state index contributed by atoms with van der Waals surface area (Å²) < 4.78 is 2.02. The third-order valence-electron chi connectivity index (χ3n) is 3.35. The normalized spacial score (nSPS) is 12.6. The van der Waals surface area contributed by atoms with Gasteiger partial charge in [0, 0.05) is 6.20 Å². The number of benzene rings is 1. The third-order valence-corrected chi connectivity index (χ3v) is 3.35. The van der Waals surface area contributed by atoms with E-state index in [-0.39, 0.29) is 0 Å². The molecule has 1 unspecified atom stereocenters. The number of aryl methyl sites for hydroxylation is 2. The van der Waals surface area contributed by atoms with Gasteiger partial charge in [-0.2, -0.15) is 5.10 Å². The zero-order valence-electron chi connectivity index (χ0n) is 12.1. The summed E-state index contributed by atoms with van der Waals surface area (Å²) in [6.07, 6.45) is 3.19. The lowest BCUT2D eigenvalue weighted by molar-refractivity contribution is 0.436. The Kier molecular flexibility index (Phi) is 4.74. The highest BCUT2D eigenvalue weighted by Crippen LogP contribution is 2.19. The number of aromatic nitrogens is 2. The van der Waals surface area contributed by atoms with Crippen molar-refractivity contribution in [1.29, 1.82) is 0 Å². The molecule has 0 spiro atoms. The van der Waals surface area contributed by atoms with Crippen LogP contribution in [-0.2, 0) is 6.54 Å². The van der Waals surface area contributed by atoms with Gasteiger partial charge in [-0.25, -0.2) is 0 Å². The Hall–Kier alpha value is -1.61. The molecule has 0 bridgehead atoms. The number of rotatable bonds is 6. The van der Waals surface area contributed by atoms with E-state index in [1.54, 1.807) is 0 Å². The SMILES string of the molecule is CCCNC(Cn1ccc(C)n1)c1ccccc1C. The van der Waals surface area contributed by atoms with Crippen molar-refractivity contribution in [2.45, 2.75) is 39.8 Å². The predicted octanol–water partition coefficient (Wildman–Crippen LogP) is 3.24. The fourth-order valence-corrected chi connectivity index (χ4v) is 2.32. The molecule has 3 nitrogen and oxygen atoms in total. The molecule has 1 atom stereocenters. The first-order valence-electron chi connectivity index (χ1n) is 6.99. The molecule has 0 amide bonds. The summed E-state index contributed by atoms with van der Waals surface area (Å²) in [6.45, 7) is 8.29. The van der Waals surface area contributed by atoms with E-state index in [1.165, 1.54) is 11.1 Å². The van der Waals surface area contributed by atoms with E-state index < -0.39 is 0 Å². The molecule has 3 heteroatoms. The second-order valence-electron chi connectivity index (χ2n) is 5.04. The minimum absolute atomic E-state index is 0.320. The van der Waals surface area contributed by atoms with Crippen molar-refractivity contribution in [1.82, 2.24) is 15.1 Å². The number of nitrogens with one attached hydrogen (secondary N) is 1. The minimum Gasteiger partial charge on any atom is -0.308 e. The van der Waals surface area contributed by atoms with Gasteiger partial charge in [0.15, 0.2) is 0 Å². The average Bonchev–Trinajstić information content (AvgIpc) is 2.81. The molecule has 0 saturated heterocycles. The van der Waals surface area contributed by atoms with Crippen molar-refractivity contribution in [3.8, 4) is 0 Å². The molecule has 0 aliphatic heterocycles. The van der Waals surface area contributed by atoms with E-state index in [0.29, 0.717) is 6.04 Å². The summed E-state index contributed by atoms with van der Waals surface area (Å²) in [5, 5.41) is 8.11. The van der Waals surface area contributed by atoms with Crippen molar-refractivity contribution in [2.75, 3.05) is 6.54 Å². The van der Waals surface area contributed by atoms with Crippen molar-refractivity contribution in [3.63, 3.8) is 0 Å². The molecule has 0 fully saturated rings. The maximum absolute atomic E-state index is 4.49. The lowest BCUT2D eigenvalue weighted by atomic mass is 10.0. The monoisotopic (exact) mass is 257 g/mol. The molecular formula is C16H23N3. The number of hydrogen-bond acceptors (Lipinski definition) is 2. The minimum atomic E-state index is 0.320. The number of hydrogen-bond donors (Lipinski definition) is 1. The van der Waals surface area contributed by atoms with Gasteiger partial charge in [-0.05, 0) is 44.0 Å². The van der Waals surface area contributed by atoms with Gasteiger partial charge in [-0.3, -0.25) is 4.68 Å². The van der Waals surface area contributed by atoms with Gasteiger partial charge < -0.3 is 5.32 Å². The second kappa shape index (κ2) is 6.53. The first kappa shape index (κ1) is 13.8. The summed E-state index contributed by atoms with van der Waals surface area (Å²) in [5.74, 6) is 0. The molecule has 19 heavy (non-hydrogen) atoms. The van der Waals surface area contributed by atoms with Crippen molar-refractivity contribution in [3.05, 3.63) is 53.3 Å². The highest BCUT2D eigenvalue weighted by molar-refractivity contribution is 5.28. The van der Waals surface area contributed by atoms with Crippen LogP contribution in [0.25, 0.3) is 0 Å². The Morgan fingerprint density at radius 3 is 2.63 bits per heavy atom. The van der Waals surface area contributed by atoms with E-state index in [0.717, 1.165) is 25.2 Å². The Balaban J connectivity index is 2.18. The van der Waals surface area contributed by atoms with Crippen LogP contribution in [0.15, 0.2) is 36.5 Å². The summed E-state index contributed by atoms with van der Waals surface area (Å²) >= 11 is 0. The molecule has 1 aromatic carbocycles. The molecule has 1 heterocycles. The first-order chi connectivity index (χ1) is 9.20. The summed E-state index contributed by atoms with van der Waals surface area (Å²) in [6, 6.07) is 10.9. The molecule has 0 aliphatic carbocycles. The highest BCUT2D eigenvalue weighted by Gasteiger charge is 2.13. The van der Waals surface area contributed by atoms with Crippen LogP contribution >= 0.6 is 0 Å². The largest absolute Gasteiger partial charge is 0.308 e. The molecular weight excluding hydrogens is 234 g/mol. The molecule has 102 valence electrons. The van der Waals surface area contributed by atoms with Gasteiger partial charge >= 0.3 is 0 Å². The van der Waals surface area contributed by atoms with E-state index in [2.05, 4.69) is 54.6 Å². The van der Waals surface area contributed by atoms with E-state index in [9.17, 15) is 0 Å². The number of nitrogens with zero attached hydrogens (tertiary/aromatic N) is 2. The van der Waals surface area contributed by atoms with Crippen LogP contribution in [0.3, 0.4) is 0 Å². The Morgan fingerprint density at radius 1 is 1.21 bits per heavy atom. The van der Waals surface area contributed by atoms with Crippen LogP contribution in [0.4, 0.5) is 0 Å². The van der Waals surface area contributed by atoms with Crippen LogP contribution < -0.4 is 5.32 Å². The fraction of sp³-hybridized carbons (Fsp3) is 0.438. The molecule has 1 N–H and O–H groups in total. The highest BCUT2D eigenvalue weighted by atomic mass is 15.3. The average molecular weight is 257 g/mol. The summed E-state index contributed by atoms with van der Waals surface area (Å²) in [4.78, 5) is 0. The van der Waals surface area contributed by atoms with Gasteiger partial charge in [-0.1, -0.05) is 31.2 Å². The van der Waals surface area contributed by atoms with Gasteiger partial charge in [0.25, 0.3) is 0 Å². The Labute approximate surface area is 115 Å². The van der Waals surface area contributed by atoms with E-state index in [4.69, 9.17) is 0 Å². The Bertz CT molecular complexity index is 516. The molecule has 2 aromatic rings. The zero-order chi connectivity index (χ0) is 13.7. The van der Waals surface area contributed by atoms with E-state index in [1.807, 2.05) is 17.8 Å². The first-order valence-corrected chi connectivity index (χ1v) is 6.99. The summed E-state index contributed by atoms with van der Waals surface area (Å²) in [5.41, 5.74) is 3.77. The predicted molar refractivity (Wildman–Crippen MR) is 79.2 cm³/mol. The smallest absolute Gasteiger partial charge is 0.0604 e. The molecule has 2 rings (SSSR count). The molecule has 0 radical (unpaired) electrons. The van der Waals surface area contributed by atoms with Crippen LogP contribution in [0.2, 0.25) is 0 Å². The van der Waals surface area contributed by atoms with Crippen molar-refractivity contribution >= 4 is 0 Å². The zero-order valence-corrected chi connectivity index (χ0v) is 12.1. The van der Waals surface area contributed by atoms with Gasteiger partial charge in [-0.15, -0.1) is 0 Å². The lowest BCUT2D eigenvalue weighted by Crippen LogP contribution is -2.27. The van der Waals surface area contributed by atoms with Gasteiger partial charge in [0.05, 0.1) is 18.3 Å². The quantitative estimate of drug-likeness (QED) is 0.861. The van der Waals surface area contributed by atoms with E-state index >= 15 is 0 Å². The lowest BCUT2D eigenvalue weighted by Gasteiger charge is -2.21. The van der Waals surface area contributed by atoms with Crippen LogP contribution in [0.1, 0.15) is 36.2 Å². The van der Waals surface area contributed by atoms with Crippen LogP contribution in [0.5, 0.6) is 0 Å².